The van der Waals surface area contributed by atoms with Crippen LogP contribution in [0.4, 0.5) is 14.5 Å². The number of benzene rings is 1. The summed E-state index contributed by atoms with van der Waals surface area (Å²) < 4.78 is 29.4. The van der Waals surface area contributed by atoms with Gasteiger partial charge >= 0.3 is 5.97 Å². The topological polar surface area (TPSA) is 84.8 Å². The Morgan fingerprint density at radius 3 is 2.55 bits per heavy atom. The molecule has 0 saturated heterocycles. The molecule has 1 aliphatic carbocycles. The Bertz CT molecular complexity index is 1210. The number of pyridine rings is 2. The standard InChI is InChI=1S/C22H20F2N2O3/c1-11-13(7-14-8-18(24)19(25)10-17(14)23)5-6-26-20(11)15(12-3-2-4-12)9-16(21(26)27)22(28)29/h5-6,8-10,12H,2-4,7,25H2,1H3,(H,28,29). The van der Waals surface area contributed by atoms with Crippen molar-refractivity contribution >= 4 is 17.2 Å². The van der Waals surface area contributed by atoms with E-state index < -0.39 is 23.2 Å². The molecule has 0 bridgehead atoms. The van der Waals surface area contributed by atoms with Crippen molar-refractivity contribution in [1.29, 1.82) is 0 Å². The van der Waals surface area contributed by atoms with E-state index in [1.54, 1.807) is 6.07 Å². The largest absolute Gasteiger partial charge is 0.477 e. The molecule has 3 N–H and O–H groups in total. The highest BCUT2D eigenvalue weighted by Gasteiger charge is 2.26. The van der Waals surface area contributed by atoms with Crippen LogP contribution in [0.2, 0.25) is 0 Å². The summed E-state index contributed by atoms with van der Waals surface area (Å²) in [5.74, 6) is -2.35. The molecule has 150 valence electrons. The van der Waals surface area contributed by atoms with E-state index in [0.29, 0.717) is 5.52 Å². The molecule has 0 radical (unpaired) electrons. The third-order valence-corrected chi connectivity index (χ3v) is 5.85. The third-order valence-electron chi connectivity index (χ3n) is 5.85. The second-order valence-corrected chi connectivity index (χ2v) is 7.58. The van der Waals surface area contributed by atoms with E-state index in [1.807, 2.05) is 6.92 Å². The number of anilines is 1. The van der Waals surface area contributed by atoms with E-state index in [1.165, 1.54) is 16.7 Å². The van der Waals surface area contributed by atoms with Gasteiger partial charge in [-0.2, -0.15) is 0 Å². The molecule has 3 aromatic rings. The molecule has 2 heterocycles. The number of aromatic carboxylic acids is 1. The van der Waals surface area contributed by atoms with Crippen molar-refractivity contribution in [1.82, 2.24) is 4.40 Å². The quantitative estimate of drug-likeness (QED) is 0.650. The van der Waals surface area contributed by atoms with Gasteiger partial charge in [-0.1, -0.05) is 6.42 Å². The van der Waals surface area contributed by atoms with E-state index in [4.69, 9.17) is 5.73 Å². The maximum Gasteiger partial charge on any atom is 0.341 e. The molecule has 1 aliphatic rings. The van der Waals surface area contributed by atoms with Crippen LogP contribution in [0.25, 0.3) is 5.52 Å². The molecule has 29 heavy (non-hydrogen) atoms. The number of nitrogen functional groups attached to an aromatic ring is 1. The van der Waals surface area contributed by atoms with Crippen LogP contribution in [0, 0.1) is 18.6 Å². The first-order chi connectivity index (χ1) is 13.8. The van der Waals surface area contributed by atoms with Crippen LogP contribution in [0.3, 0.4) is 0 Å². The van der Waals surface area contributed by atoms with Gasteiger partial charge in [0.1, 0.15) is 17.2 Å². The van der Waals surface area contributed by atoms with E-state index in [-0.39, 0.29) is 29.2 Å². The normalized spacial score (nSPS) is 14.2. The van der Waals surface area contributed by atoms with E-state index in [0.717, 1.165) is 48.1 Å². The lowest BCUT2D eigenvalue weighted by molar-refractivity contribution is 0.0694. The SMILES string of the molecule is Cc1c(Cc2cc(F)c(N)cc2F)ccn2c(=O)c(C(=O)O)cc(C3CCC3)c12. The number of aromatic nitrogens is 1. The lowest BCUT2D eigenvalue weighted by Gasteiger charge is -2.28. The number of rotatable bonds is 4. The second-order valence-electron chi connectivity index (χ2n) is 7.58. The van der Waals surface area contributed by atoms with Crippen LogP contribution in [0.1, 0.15) is 57.8 Å². The average molecular weight is 398 g/mol. The van der Waals surface area contributed by atoms with Crippen molar-refractivity contribution in [2.75, 3.05) is 5.73 Å². The number of carboxylic acid groups (broad SMARTS) is 1. The molecule has 0 amide bonds. The first-order valence-corrected chi connectivity index (χ1v) is 9.42. The number of hydrogen-bond donors (Lipinski definition) is 2. The molecule has 5 nitrogen and oxygen atoms in total. The number of halogens is 2. The van der Waals surface area contributed by atoms with Gasteiger partial charge in [0, 0.05) is 18.7 Å². The summed E-state index contributed by atoms with van der Waals surface area (Å²) in [5.41, 5.74) is 7.42. The molecular formula is C22H20F2N2O3. The highest BCUT2D eigenvalue weighted by atomic mass is 19.1. The molecule has 1 fully saturated rings. The lowest BCUT2D eigenvalue weighted by Crippen LogP contribution is -2.25. The molecule has 1 aromatic carbocycles. The van der Waals surface area contributed by atoms with Crippen LogP contribution in [0.15, 0.2) is 35.3 Å². The van der Waals surface area contributed by atoms with Gasteiger partial charge in [-0.25, -0.2) is 13.6 Å². The zero-order valence-corrected chi connectivity index (χ0v) is 15.8. The minimum Gasteiger partial charge on any atom is -0.477 e. The Kier molecular flexibility index (Phi) is 4.61. The van der Waals surface area contributed by atoms with Gasteiger partial charge < -0.3 is 10.8 Å². The minimum absolute atomic E-state index is 0.129. The van der Waals surface area contributed by atoms with Gasteiger partial charge in [0.2, 0.25) is 0 Å². The zero-order valence-electron chi connectivity index (χ0n) is 15.8. The number of hydrogen-bond acceptors (Lipinski definition) is 3. The van der Waals surface area contributed by atoms with Gasteiger partial charge in [-0.05, 0) is 66.1 Å². The minimum atomic E-state index is -1.26. The summed E-state index contributed by atoms with van der Waals surface area (Å²) in [5, 5.41) is 9.42. The van der Waals surface area contributed by atoms with Crippen LogP contribution in [-0.4, -0.2) is 15.5 Å². The summed E-state index contributed by atoms with van der Waals surface area (Å²) in [7, 11) is 0. The van der Waals surface area contributed by atoms with Gasteiger partial charge in [0.25, 0.3) is 5.56 Å². The predicted octanol–water partition coefficient (Wildman–Crippen LogP) is 4.02. The smallest absolute Gasteiger partial charge is 0.341 e. The molecule has 0 spiro atoms. The van der Waals surface area contributed by atoms with Crippen LogP contribution in [0.5, 0.6) is 0 Å². The molecular weight excluding hydrogens is 378 g/mol. The Labute approximate surface area is 165 Å². The molecule has 0 unspecified atom stereocenters. The fraction of sp³-hybridized carbons (Fsp3) is 0.273. The number of aryl methyl sites for hydroxylation is 1. The second kappa shape index (κ2) is 6.99. The van der Waals surface area contributed by atoms with Gasteiger partial charge in [0.05, 0.1) is 11.2 Å². The van der Waals surface area contributed by atoms with Crippen molar-refractivity contribution in [2.45, 2.75) is 38.5 Å². The number of nitrogens with zero attached hydrogens (tertiary/aromatic N) is 1. The zero-order chi connectivity index (χ0) is 20.9. The van der Waals surface area contributed by atoms with Crippen molar-refractivity contribution in [3.8, 4) is 0 Å². The maximum atomic E-state index is 14.3. The lowest BCUT2D eigenvalue weighted by atomic mass is 9.78. The van der Waals surface area contributed by atoms with Crippen LogP contribution < -0.4 is 11.3 Å². The average Bonchev–Trinajstić information content (AvgIpc) is 2.61. The highest BCUT2D eigenvalue weighted by molar-refractivity contribution is 5.88. The number of carbonyl (C=O) groups is 1. The first kappa shape index (κ1) is 19.1. The Hall–Kier alpha value is -3.22. The van der Waals surface area contributed by atoms with E-state index in [2.05, 4.69) is 0 Å². The number of carboxylic acids is 1. The maximum absolute atomic E-state index is 14.3. The van der Waals surface area contributed by atoms with Crippen LogP contribution in [-0.2, 0) is 6.42 Å². The Morgan fingerprint density at radius 2 is 1.93 bits per heavy atom. The predicted molar refractivity (Wildman–Crippen MR) is 106 cm³/mol. The van der Waals surface area contributed by atoms with Crippen molar-refractivity contribution < 1.29 is 18.7 Å². The van der Waals surface area contributed by atoms with Crippen molar-refractivity contribution in [2.24, 2.45) is 0 Å². The van der Waals surface area contributed by atoms with Gasteiger partial charge in [-0.3, -0.25) is 9.20 Å². The molecule has 1 saturated carbocycles. The molecule has 7 heteroatoms. The third kappa shape index (κ3) is 3.16. The fourth-order valence-corrected chi connectivity index (χ4v) is 3.96. The molecule has 0 atom stereocenters. The Balaban J connectivity index is 1.91. The van der Waals surface area contributed by atoms with Crippen molar-refractivity contribution in [3.05, 3.63) is 80.3 Å². The summed E-state index contributed by atoms with van der Waals surface area (Å²) in [4.78, 5) is 24.2. The van der Waals surface area contributed by atoms with Gasteiger partial charge in [-0.15, -0.1) is 0 Å². The molecule has 0 aliphatic heterocycles. The van der Waals surface area contributed by atoms with Crippen LogP contribution >= 0.6 is 0 Å². The van der Waals surface area contributed by atoms with Gasteiger partial charge in [0.15, 0.2) is 0 Å². The summed E-state index contributed by atoms with van der Waals surface area (Å²) in [6.45, 7) is 1.82. The first-order valence-electron chi connectivity index (χ1n) is 9.42. The number of nitrogens with two attached hydrogens (primary N) is 1. The fourth-order valence-electron chi connectivity index (χ4n) is 3.96. The Morgan fingerprint density at radius 1 is 1.21 bits per heavy atom. The number of fused-ring (bicyclic) bond motifs is 1. The van der Waals surface area contributed by atoms with E-state index in [9.17, 15) is 23.5 Å². The summed E-state index contributed by atoms with van der Waals surface area (Å²) >= 11 is 0. The molecule has 4 rings (SSSR count). The monoisotopic (exact) mass is 398 g/mol. The van der Waals surface area contributed by atoms with E-state index >= 15 is 0 Å². The summed E-state index contributed by atoms with van der Waals surface area (Å²) in [6, 6.07) is 5.17. The summed E-state index contributed by atoms with van der Waals surface area (Å²) in [6.07, 6.45) is 4.54. The highest BCUT2D eigenvalue weighted by Crippen LogP contribution is 2.39. The molecule has 2 aromatic heterocycles. The van der Waals surface area contributed by atoms with Crippen molar-refractivity contribution in [3.63, 3.8) is 0 Å².